The zero-order valence-corrected chi connectivity index (χ0v) is 33.7. The number of benzene rings is 2. The van der Waals surface area contributed by atoms with Crippen molar-refractivity contribution in [3.63, 3.8) is 0 Å². The summed E-state index contributed by atoms with van der Waals surface area (Å²) in [5.74, 6) is 3.33. The number of pyridine rings is 1. The van der Waals surface area contributed by atoms with Crippen LogP contribution in [0.1, 0.15) is 37.7 Å². The molecule has 2 aliphatic rings. The van der Waals surface area contributed by atoms with Gasteiger partial charge < -0.3 is 19.6 Å². The number of thioether (sulfide) groups is 2. The molecule has 2 aliphatic heterocycles. The molecule has 2 saturated heterocycles. The molecule has 0 spiro atoms. The third-order valence-corrected chi connectivity index (χ3v) is 12.6. The van der Waals surface area contributed by atoms with Crippen LogP contribution in [0.4, 0.5) is 11.6 Å². The van der Waals surface area contributed by atoms with Crippen LogP contribution in [-0.2, 0) is 11.5 Å². The van der Waals surface area contributed by atoms with Crippen LogP contribution in [0, 0.1) is 11.3 Å². The SMILES string of the molecule is N#Cc1ccnc(N2CCN(C(=O)c3ccccc3SCc3cscn3)CC2)c1.O=C(c1ccccc1SCc1cscn1)N1CCN(c2cnccn2)CC1. The fraction of sp³-hybridized carbons (Fsp3) is 0.250. The first-order valence-electron chi connectivity index (χ1n) is 17.9. The Morgan fingerprint density at radius 1 is 0.643 bits per heavy atom. The van der Waals surface area contributed by atoms with Gasteiger partial charge in [0.05, 0.1) is 51.4 Å². The lowest BCUT2D eigenvalue weighted by atomic mass is 10.1. The molecule has 2 amide bonds. The molecule has 0 radical (unpaired) electrons. The van der Waals surface area contributed by atoms with E-state index < -0.39 is 0 Å². The number of hydrogen-bond acceptors (Lipinski definition) is 14. The first-order valence-corrected chi connectivity index (χ1v) is 21.8. The number of hydrogen-bond donors (Lipinski definition) is 0. The summed E-state index contributed by atoms with van der Waals surface area (Å²) in [5, 5.41) is 13.2. The minimum absolute atomic E-state index is 0.0600. The van der Waals surface area contributed by atoms with Crippen molar-refractivity contribution in [3.8, 4) is 6.07 Å². The second kappa shape index (κ2) is 19.5. The standard InChI is InChI=1S/C21H19N5OS2.C19H19N5OS2/c22-12-16-5-6-23-20(11-16)25-7-9-26(10-8-25)21(27)18-3-1-2-4-19(18)29-14-17-13-28-15-24-17;25-19(24-9-7-23(8-10-24)18-11-20-5-6-21-18)16-3-1-2-4-17(16)27-13-15-12-26-14-22-15/h1-6,11,13,15H,7-10,14H2;1-6,11-12,14H,7-10,13H2. The summed E-state index contributed by atoms with van der Waals surface area (Å²) in [6, 6.07) is 21.2. The van der Waals surface area contributed by atoms with Gasteiger partial charge in [0.1, 0.15) is 11.6 Å². The van der Waals surface area contributed by atoms with Crippen molar-refractivity contribution in [2.24, 2.45) is 0 Å². The van der Waals surface area contributed by atoms with Crippen molar-refractivity contribution >= 4 is 69.6 Å². The molecular weight excluding hydrogens is 781 g/mol. The zero-order valence-electron chi connectivity index (χ0n) is 30.4. The Kier molecular flexibility index (Phi) is 13.5. The lowest BCUT2D eigenvalue weighted by molar-refractivity contribution is 0.0735. The molecule has 0 bridgehead atoms. The summed E-state index contributed by atoms with van der Waals surface area (Å²) >= 11 is 6.48. The smallest absolute Gasteiger partial charge is 0.255 e. The molecule has 284 valence electrons. The van der Waals surface area contributed by atoms with Gasteiger partial charge in [-0.2, -0.15) is 5.26 Å². The second-order valence-corrected chi connectivity index (χ2v) is 16.1. The molecule has 8 rings (SSSR count). The Morgan fingerprint density at radius 3 is 1.64 bits per heavy atom. The van der Waals surface area contributed by atoms with Gasteiger partial charge in [0, 0.05) is 103 Å². The van der Waals surface area contributed by atoms with E-state index in [1.165, 1.54) is 0 Å². The Morgan fingerprint density at radius 2 is 1.16 bits per heavy atom. The Balaban J connectivity index is 0.000000172. The van der Waals surface area contributed by atoms with E-state index in [-0.39, 0.29) is 11.8 Å². The monoisotopic (exact) mass is 818 g/mol. The highest BCUT2D eigenvalue weighted by atomic mass is 32.2. The molecule has 16 heteroatoms. The Labute approximate surface area is 342 Å². The number of nitriles is 1. The van der Waals surface area contributed by atoms with Crippen molar-refractivity contribution in [2.45, 2.75) is 21.3 Å². The van der Waals surface area contributed by atoms with Gasteiger partial charge in [0.2, 0.25) is 0 Å². The van der Waals surface area contributed by atoms with Crippen LogP contribution in [0.3, 0.4) is 0 Å². The first kappa shape index (κ1) is 38.9. The minimum Gasteiger partial charge on any atom is -0.353 e. The molecule has 0 N–H and O–H groups in total. The van der Waals surface area contributed by atoms with E-state index in [0.29, 0.717) is 44.8 Å². The summed E-state index contributed by atoms with van der Waals surface area (Å²) in [4.78, 5) is 57.8. The largest absolute Gasteiger partial charge is 0.353 e. The van der Waals surface area contributed by atoms with Crippen LogP contribution in [0.25, 0.3) is 0 Å². The zero-order chi connectivity index (χ0) is 38.5. The van der Waals surface area contributed by atoms with Gasteiger partial charge in [-0.15, -0.1) is 46.2 Å². The third-order valence-electron chi connectivity index (χ3n) is 9.16. The second-order valence-electron chi connectivity index (χ2n) is 12.7. The maximum Gasteiger partial charge on any atom is 0.255 e. The molecule has 12 nitrogen and oxygen atoms in total. The molecular formula is C40H38N10O2S4. The molecule has 6 heterocycles. The molecule has 56 heavy (non-hydrogen) atoms. The van der Waals surface area contributed by atoms with Gasteiger partial charge in [-0.1, -0.05) is 24.3 Å². The molecule has 0 saturated carbocycles. The number of rotatable bonds is 10. The van der Waals surface area contributed by atoms with Crippen molar-refractivity contribution in [3.05, 3.63) is 135 Å². The summed E-state index contributed by atoms with van der Waals surface area (Å²) in [6.45, 7) is 5.53. The summed E-state index contributed by atoms with van der Waals surface area (Å²) in [7, 11) is 0. The van der Waals surface area contributed by atoms with Gasteiger partial charge in [-0.25, -0.2) is 19.9 Å². The number of piperazine rings is 2. The van der Waals surface area contributed by atoms with E-state index in [1.807, 2.05) is 80.1 Å². The van der Waals surface area contributed by atoms with Gasteiger partial charge in [0.25, 0.3) is 11.8 Å². The molecule has 4 aromatic heterocycles. The molecule has 2 fully saturated rings. The van der Waals surface area contributed by atoms with Crippen molar-refractivity contribution in [2.75, 3.05) is 62.2 Å². The maximum atomic E-state index is 13.1. The molecule has 0 atom stereocenters. The summed E-state index contributed by atoms with van der Waals surface area (Å²) in [5.41, 5.74) is 7.85. The molecule has 6 aromatic rings. The summed E-state index contributed by atoms with van der Waals surface area (Å²) < 4.78 is 0. The molecule has 2 aromatic carbocycles. The van der Waals surface area contributed by atoms with E-state index in [2.05, 4.69) is 40.8 Å². The minimum atomic E-state index is 0.0600. The highest BCUT2D eigenvalue weighted by Gasteiger charge is 2.26. The lowest BCUT2D eigenvalue weighted by Gasteiger charge is -2.35. The molecule has 0 unspecified atom stereocenters. The Hall–Kier alpha value is -5.34. The average molecular weight is 819 g/mol. The van der Waals surface area contributed by atoms with Gasteiger partial charge in [-0.05, 0) is 36.4 Å². The van der Waals surface area contributed by atoms with Crippen LogP contribution in [-0.4, -0.2) is 98.9 Å². The predicted octanol–water partition coefficient (Wildman–Crippen LogP) is 6.85. The van der Waals surface area contributed by atoms with Crippen LogP contribution < -0.4 is 9.80 Å². The van der Waals surface area contributed by atoms with Crippen LogP contribution >= 0.6 is 46.2 Å². The van der Waals surface area contributed by atoms with Crippen LogP contribution in [0.5, 0.6) is 0 Å². The van der Waals surface area contributed by atoms with E-state index in [1.54, 1.807) is 83.1 Å². The normalized spacial score (nSPS) is 14.1. The Bertz CT molecular complexity index is 2220. The van der Waals surface area contributed by atoms with Crippen LogP contribution in [0.15, 0.2) is 117 Å². The van der Waals surface area contributed by atoms with Crippen molar-refractivity contribution in [1.29, 1.82) is 5.26 Å². The van der Waals surface area contributed by atoms with E-state index in [0.717, 1.165) is 68.5 Å². The van der Waals surface area contributed by atoms with E-state index >= 15 is 0 Å². The third kappa shape index (κ3) is 10.1. The predicted molar refractivity (Wildman–Crippen MR) is 223 cm³/mol. The summed E-state index contributed by atoms with van der Waals surface area (Å²) in [6.07, 6.45) is 6.79. The number of carbonyl (C=O) groups excluding carboxylic acids is 2. The topological polar surface area (TPSA) is 135 Å². The quantitative estimate of drug-likeness (QED) is 0.134. The van der Waals surface area contributed by atoms with Gasteiger partial charge >= 0.3 is 0 Å². The highest BCUT2D eigenvalue weighted by molar-refractivity contribution is 7.98. The van der Waals surface area contributed by atoms with E-state index in [9.17, 15) is 9.59 Å². The lowest BCUT2D eigenvalue weighted by Crippen LogP contribution is -2.49. The van der Waals surface area contributed by atoms with Gasteiger partial charge in [0.15, 0.2) is 0 Å². The molecule has 0 aliphatic carbocycles. The van der Waals surface area contributed by atoms with Crippen molar-refractivity contribution < 1.29 is 9.59 Å². The van der Waals surface area contributed by atoms with E-state index in [4.69, 9.17) is 5.26 Å². The van der Waals surface area contributed by atoms with Crippen LogP contribution in [0.2, 0.25) is 0 Å². The average Bonchev–Trinajstić information content (AvgIpc) is 4.01. The highest BCUT2D eigenvalue weighted by Crippen LogP contribution is 2.29. The van der Waals surface area contributed by atoms with Crippen molar-refractivity contribution in [1.82, 2.24) is 34.7 Å². The maximum absolute atomic E-state index is 13.1. The van der Waals surface area contributed by atoms with Gasteiger partial charge in [-0.3, -0.25) is 14.6 Å². The number of carbonyl (C=O) groups is 2. The number of aromatic nitrogens is 5. The first-order chi connectivity index (χ1) is 27.6. The fourth-order valence-electron chi connectivity index (χ4n) is 6.19. The number of thiazole rings is 2. The number of amides is 2. The number of nitrogens with zero attached hydrogens (tertiary/aromatic N) is 10. The fourth-order valence-corrected chi connectivity index (χ4v) is 9.41. The number of anilines is 2.